The van der Waals surface area contributed by atoms with E-state index in [1.807, 2.05) is 0 Å². The summed E-state index contributed by atoms with van der Waals surface area (Å²) in [7, 11) is 0. The van der Waals surface area contributed by atoms with Gasteiger partial charge in [0.1, 0.15) is 5.15 Å². The number of pyridine rings is 1. The Morgan fingerprint density at radius 3 is 2.78 bits per heavy atom. The monoisotopic (exact) mass is 272 g/mol. The van der Waals surface area contributed by atoms with Gasteiger partial charge in [-0.05, 0) is 17.2 Å². The van der Waals surface area contributed by atoms with Crippen molar-refractivity contribution in [2.45, 2.75) is 24.7 Å². The first-order valence-corrected chi connectivity index (χ1v) is 5.58. The molecule has 3 N–H and O–H groups in total. The van der Waals surface area contributed by atoms with Crippen LogP contribution in [0, 0.1) is 0 Å². The van der Waals surface area contributed by atoms with Crippen LogP contribution in [0.2, 0.25) is 5.15 Å². The zero-order valence-corrected chi connectivity index (χ0v) is 10.1. The van der Waals surface area contributed by atoms with E-state index in [1.165, 1.54) is 6.20 Å². The van der Waals surface area contributed by atoms with Crippen LogP contribution >= 0.6 is 11.6 Å². The summed E-state index contributed by atoms with van der Waals surface area (Å²) in [6, 6.07) is 2.21. The smallest absolute Gasteiger partial charge is 0.132 e. The third kappa shape index (κ3) is 3.83. The molecule has 0 aliphatic carbocycles. The van der Waals surface area contributed by atoms with Crippen molar-refractivity contribution in [3.05, 3.63) is 39.5 Å². The van der Waals surface area contributed by atoms with Crippen LogP contribution in [0.4, 0.5) is 0 Å². The Balaban J connectivity index is 2.73. The van der Waals surface area contributed by atoms with E-state index in [2.05, 4.69) is 15.0 Å². The van der Waals surface area contributed by atoms with E-state index < -0.39 is 24.9 Å². The molecule has 1 aromatic rings. The number of hydrogen-bond acceptors (Lipinski definition) is 5. The van der Waals surface area contributed by atoms with Gasteiger partial charge < -0.3 is 15.3 Å². The summed E-state index contributed by atoms with van der Waals surface area (Å²) in [5, 5.41) is 31.9. The lowest BCUT2D eigenvalue weighted by Gasteiger charge is -2.22. The minimum absolute atomic E-state index is 0.0469. The average Bonchev–Trinajstić information content (AvgIpc) is 2.37. The van der Waals surface area contributed by atoms with Gasteiger partial charge >= 0.3 is 0 Å². The molecule has 7 nitrogen and oxygen atoms in total. The highest BCUT2D eigenvalue weighted by Gasteiger charge is 2.25. The van der Waals surface area contributed by atoms with Crippen LogP contribution in [0.3, 0.4) is 0 Å². The number of aliphatic hydroxyl groups excluding tert-OH is 3. The first kappa shape index (κ1) is 14.7. The maximum atomic E-state index is 9.79. The van der Waals surface area contributed by atoms with Crippen LogP contribution in [0.15, 0.2) is 23.4 Å². The van der Waals surface area contributed by atoms with Gasteiger partial charge in [0.2, 0.25) is 0 Å². The summed E-state index contributed by atoms with van der Waals surface area (Å²) >= 11 is 5.81. The molecule has 98 valence electrons. The van der Waals surface area contributed by atoms with E-state index in [1.54, 1.807) is 12.1 Å². The van der Waals surface area contributed by atoms with Crippen LogP contribution in [0.1, 0.15) is 5.56 Å². The van der Waals surface area contributed by atoms with E-state index in [0.717, 1.165) is 0 Å². The molecule has 0 fully saturated rings. The van der Waals surface area contributed by atoms with Gasteiger partial charge in [-0.25, -0.2) is 4.98 Å². The predicted molar refractivity (Wildman–Crippen MR) is 65.0 cm³/mol. The molecule has 0 aliphatic rings. The summed E-state index contributed by atoms with van der Waals surface area (Å²) in [4.78, 5) is 6.32. The highest BCUT2D eigenvalue weighted by molar-refractivity contribution is 6.30. The number of hydrogen-bond donors (Lipinski definition) is 3. The quantitative estimate of drug-likeness (QED) is 0.305. The molecule has 1 heterocycles. The fraction of sp³-hybridized carbons (Fsp3) is 0.500. The molecule has 1 rings (SSSR count). The lowest BCUT2D eigenvalue weighted by molar-refractivity contribution is -0.00637. The summed E-state index contributed by atoms with van der Waals surface area (Å²) in [6.07, 6.45) is -1.03. The van der Waals surface area contributed by atoms with Crippen molar-refractivity contribution >= 4 is 11.6 Å². The van der Waals surface area contributed by atoms with Crippen LogP contribution < -0.4 is 0 Å². The second kappa shape index (κ2) is 7.15. The van der Waals surface area contributed by atoms with E-state index in [-0.39, 0.29) is 11.6 Å². The normalized spacial score (nSPS) is 15.6. The topological polar surface area (TPSA) is 122 Å². The molecule has 0 saturated carbocycles. The number of aliphatic hydroxyl groups is 3. The second-order valence-corrected chi connectivity index (χ2v) is 4.03. The first-order chi connectivity index (χ1) is 8.60. The minimum Gasteiger partial charge on any atom is -0.396 e. The Labute approximate surface area is 108 Å². The molecular formula is C10H13ClN4O3. The SMILES string of the molecule is [N-]=[N+]=N[C@@H](CO)[C@H](O)[C@H](O)Cc1cccnc1Cl. The molecule has 0 saturated heterocycles. The van der Waals surface area contributed by atoms with Crippen LogP contribution in [-0.4, -0.2) is 45.2 Å². The van der Waals surface area contributed by atoms with Crippen LogP contribution in [0.25, 0.3) is 10.4 Å². The Bertz CT molecular complexity index is 439. The number of halogens is 1. The summed E-state index contributed by atoms with van der Waals surface area (Å²) < 4.78 is 0. The first-order valence-electron chi connectivity index (χ1n) is 5.20. The van der Waals surface area contributed by atoms with Gasteiger partial charge in [0.15, 0.2) is 0 Å². The van der Waals surface area contributed by atoms with E-state index in [9.17, 15) is 10.2 Å². The number of rotatable bonds is 6. The van der Waals surface area contributed by atoms with Crippen molar-refractivity contribution in [1.29, 1.82) is 0 Å². The zero-order valence-electron chi connectivity index (χ0n) is 9.39. The van der Waals surface area contributed by atoms with Gasteiger partial charge in [0.05, 0.1) is 24.9 Å². The molecule has 18 heavy (non-hydrogen) atoms. The molecule has 0 amide bonds. The Hall–Kier alpha value is -1.37. The van der Waals surface area contributed by atoms with Crippen molar-refractivity contribution in [2.75, 3.05) is 6.61 Å². The summed E-state index contributed by atoms with van der Waals surface area (Å²) in [6.45, 7) is -0.553. The molecular weight excluding hydrogens is 260 g/mol. The maximum Gasteiger partial charge on any atom is 0.132 e. The third-order valence-corrected chi connectivity index (χ3v) is 2.78. The van der Waals surface area contributed by atoms with Gasteiger partial charge in [-0.15, -0.1) is 0 Å². The second-order valence-electron chi connectivity index (χ2n) is 3.67. The molecule has 8 heteroatoms. The van der Waals surface area contributed by atoms with Crippen LogP contribution in [-0.2, 0) is 6.42 Å². The molecule has 0 bridgehead atoms. The summed E-state index contributed by atoms with van der Waals surface area (Å²) in [5.41, 5.74) is 8.81. The standard InChI is InChI=1S/C10H13ClN4O3/c11-10-6(2-1-3-13-10)4-8(17)9(18)7(5-16)14-15-12/h1-3,7-9,16-18H,4-5H2/t7-,8+,9-/m0/s1. The minimum atomic E-state index is -1.37. The van der Waals surface area contributed by atoms with Crippen molar-refractivity contribution < 1.29 is 15.3 Å². The van der Waals surface area contributed by atoms with Gasteiger partial charge in [-0.2, -0.15) is 0 Å². The predicted octanol–water partition coefficient (Wildman–Crippen LogP) is 0.671. The maximum absolute atomic E-state index is 9.79. The van der Waals surface area contributed by atoms with Crippen molar-refractivity contribution in [3.8, 4) is 0 Å². The molecule has 0 aliphatic heterocycles. The van der Waals surface area contributed by atoms with E-state index in [4.69, 9.17) is 22.2 Å². The van der Waals surface area contributed by atoms with Crippen molar-refractivity contribution in [2.24, 2.45) is 5.11 Å². The van der Waals surface area contributed by atoms with Crippen LogP contribution in [0.5, 0.6) is 0 Å². The number of aromatic nitrogens is 1. The highest BCUT2D eigenvalue weighted by Crippen LogP contribution is 2.16. The van der Waals surface area contributed by atoms with Gasteiger partial charge in [-0.1, -0.05) is 22.8 Å². The number of azide groups is 1. The summed E-state index contributed by atoms with van der Waals surface area (Å²) in [5.74, 6) is 0. The third-order valence-electron chi connectivity index (χ3n) is 2.44. The van der Waals surface area contributed by atoms with E-state index >= 15 is 0 Å². The lowest BCUT2D eigenvalue weighted by atomic mass is 10.0. The number of nitrogens with zero attached hydrogens (tertiary/aromatic N) is 4. The molecule has 3 atom stereocenters. The molecule has 1 aromatic heterocycles. The lowest BCUT2D eigenvalue weighted by Crippen LogP contribution is -2.39. The average molecular weight is 273 g/mol. The Morgan fingerprint density at radius 2 is 2.22 bits per heavy atom. The Kier molecular flexibility index (Phi) is 5.84. The largest absolute Gasteiger partial charge is 0.396 e. The highest BCUT2D eigenvalue weighted by atomic mass is 35.5. The van der Waals surface area contributed by atoms with Gasteiger partial charge in [-0.3, -0.25) is 0 Å². The van der Waals surface area contributed by atoms with Gasteiger partial charge in [0.25, 0.3) is 0 Å². The Morgan fingerprint density at radius 1 is 1.50 bits per heavy atom. The van der Waals surface area contributed by atoms with Gasteiger partial charge in [0, 0.05) is 17.5 Å². The van der Waals surface area contributed by atoms with Crippen molar-refractivity contribution in [1.82, 2.24) is 4.98 Å². The van der Waals surface area contributed by atoms with E-state index in [0.29, 0.717) is 5.56 Å². The molecule has 0 radical (unpaired) electrons. The molecule has 0 spiro atoms. The molecule has 0 unspecified atom stereocenters. The fourth-order valence-electron chi connectivity index (χ4n) is 1.45. The fourth-order valence-corrected chi connectivity index (χ4v) is 1.65. The molecule has 0 aromatic carbocycles. The van der Waals surface area contributed by atoms with Crippen molar-refractivity contribution in [3.63, 3.8) is 0 Å². The zero-order chi connectivity index (χ0) is 13.5.